The SMILES string of the molecule is Cc1c(N)cccc1-c1noc(-c2ccccc2Br)n1. The highest BCUT2D eigenvalue weighted by Gasteiger charge is 2.14. The highest BCUT2D eigenvalue weighted by molar-refractivity contribution is 9.10. The fraction of sp³-hybridized carbons (Fsp3) is 0.0667. The zero-order chi connectivity index (χ0) is 14.1. The fourth-order valence-electron chi connectivity index (χ4n) is 1.97. The topological polar surface area (TPSA) is 64.9 Å². The Bertz CT molecular complexity index is 767. The maximum absolute atomic E-state index is 5.91. The molecule has 0 aliphatic heterocycles. The van der Waals surface area contributed by atoms with Gasteiger partial charge in [-0.1, -0.05) is 29.4 Å². The Balaban J connectivity index is 2.07. The van der Waals surface area contributed by atoms with Gasteiger partial charge in [0.1, 0.15) is 0 Å². The van der Waals surface area contributed by atoms with Crippen molar-refractivity contribution in [2.75, 3.05) is 5.73 Å². The Morgan fingerprint density at radius 1 is 1.05 bits per heavy atom. The minimum absolute atomic E-state index is 0.481. The molecule has 0 fully saturated rings. The second-order valence-corrected chi connectivity index (χ2v) is 5.28. The lowest BCUT2D eigenvalue weighted by Crippen LogP contribution is -1.92. The van der Waals surface area contributed by atoms with Gasteiger partial charge in [-0.25, -0.2) is 0 Å². The van der Waals surface area contributed by atoms with E-state index in [1.54, 1.807) is 0 Å². The smallest absolute Gasteiger partial charge is 0.259 e. The van der Waals surface area contributed by atoms with Gasteiger partial charge in [0.2, 0.25) is 5.82 Å². The molecule has 0 aliphatic carbocycles. The van der Waals surface area contributed by atoms with Crippen molar-refractivity contribution in [2.45, 2.75) is 6.92 Å². The summed E-state index contributed by atoms with van der Waals surface area (Å²) < 4.78 is 6.27. The van der Waals surface area contributed by atoms with Crippen molar-refractivity contribution >= 4 is 21.6 Å². The summed E-state index contributed by atoms with van der Waals surface area (Å²) in [6.07, 6.45) is 0. The van der Waals surface area contributed by atoms with E-state index in [0.29, 0.717) is 11.7 Å². The Labute approximate surface area is 124 Å². The standard InChI is InChI=1S/C15H12BrN3O/c1-9-10(6-4-8-13(9)17)14-18-15(20-19-14)11-5-2-3-7-12(11)16/h2-8H,17H2,1H3. The largest absolute Gasteiger partial charge is 0.398 e. The van der Waals surface area contributed by atoms with Gasteiger partial charge in [0.15, 0.2) is 0 Å². The molecule has 0 amide bonds. The Morgan fingerprint density at radius 2 is 1.80 bits per heavy atom. The lowest BCUT2D eigenvalue weighted by Gasteiger charge is -2.03. The summed E-state index contributed by atoms with van der Waals surface area (Å²) in [5.74, 6) is 1.02. The molecular formula is C15H12BrN3O. The number of aromatic nitrogens is 2. The number of halogens is 1. The molecule has 0 unspecified atom stereocenters. The third kappa shape index (κ3) is 2.20. The van der Waals surface area contributed by atoms with Gasteiger partial charge in [-0.15, -0.1) is 0 Å². The first-order valence-electron chi connectivity index (χ1n) is 6.11. The minimum Gasteiger partial charge on any atom is -0.398 e. The van der Waals surface area contributed by atoms with Gasteiger partial charge < -0.3 is 10.3 Å². The van der Waals surface area contributed by atoms with E-state index in [2.05, 4.69) is 26.1 Å². The molecule has 20 heavy (non-hydrogen) atoms. The lowest BCUT2D eigenvalue weighted by atomic mass is 10.1. The van der Waals surface area contributed by atoms with E-state index in [1.807, 2.05) is 49.4 Å². The van der Waals surface area contributed by atoms with E-state index >= 15 is 0 Å². The summed E-state index contributed by atoms with van der Waals surface area (Å²) in [7, 11) is 0. The number of nitrogen functional groups attached to an aromatic ring is 1. The molecule has 1 aromatic heterocycles. The molecule has 100 valence electrons. The number of nitrogens with zero attached hydrogens (tertiary/aromatic N) is 2. The summed E-state index contributed by atoms with van der Waals surface area (Å²) >= 11 is 3.48. The number of hydrogen-bond acceptors (Lipinski definition) is 4. The van der Waals surface area contributed by atoms with Gasteiger partial charge in [0, 0.05) is 15.7 Å². The van der Waals surface area contributed by atoms with Crippen LogP contribution in [0.3, 0.4) is 0 Å². The van der Waals surface area contributed by atoms with Crippen molar-refractivity contribution in [3.63, 3.8) is 0 Å². The predicted molar refractivity (Wildman–Crippen MR) is 82.0 cm³/mol. The highest BCUT2D eigenvalue weighted by Crippen LogP contribution is 2.30. The molecule has 0 aliphatic rings. The van der Waals surface area contributed by atoms with Crippen LogP contribution >= 0.6 is 15.9 Å². The van der Waals surface area contributed by atoms with E-state index in [1.165, 1.54) is 0 Å². The van der Waals surface area contributed by atoms with Gasteiger partial charge in [-0.3, -0.25) is 0 Å². The monoisotopic (exact) mass is 329 g/mol. The number of nitrogens with two attached hydrogens (primary N) is 1. The zero-order valence-corrected chi connectivity index (χ0v) is 12.4. The van der Waals surface area contributed by atoms with Crippen molar-refractivity contribution in [1.29, 1.82) is 0 Å². The Kier molecular flexibility index (Phi) is 3.28. The second-order valence-electron chi connectivity index (χ2n) is 4.42. The molecule has 0 saturated heterocycles. The average molecular weight is 330 g/mol. The molecule has 4 nitrogen and oxygen atoms in total. The first-order chi connectivity index (χ1) is 9.66. The van der Waals surface area contributed by atoms with E-state index in [9.17, 15) is 0 Å². The third-order valence-corrected chi connectivity index (χ3v) is 3.84. The van der Waals surface area contributed by atoms with Crippen LogP contribution in [-0.4, -0.2) is 10.1 Å². The average Bonchev–Trinajstić information content (AvgIpc) is 2.92. The molecule has 2 N–H and O–H groups in total. The van der Waals surface area contributed by atoms with Crippen molar-refractivity contribution in [3.8, 4) is 22.8 Å². The van der Waals surface area contributed by atoms with Crippen LogP contribution in [0.2, 0.25) is 0 Å². The molecule has 0 atom stereocenters. The second kappa shape index (κ2) is 5.09. The van der Waals surface area contributed by atoms with E-state index in [4.69, 9.17) is 10.3 Å². The molecule has 0 bridgehead atoms. The lowest BCUT2D eigenvalue weighted by molar-refractivity contribution is 0.432. The summed E-state index contributed by atoms with van der Waals surface area (Å²) in [5, 5.41) is 4.04. The summed E-state index contributed by atoms with van der Waals surface area (Å²) in [5.41, 5.74) is 9.32. The quantitative estimate of drug-likeness (QED) is 0.720. The van der Waals surface area contributed by atoms with Crippen LogP contribution < -0.4 is 5.73 Å². The number of hydrogen-bond donors (Lipinski definition) is 1. The fourth-order valence-corrected chi connectivity index (χ4v) is 2.43. The van der Waals surface area contributed by atoms with Gasteiger partial charge in [-0.2, -0.15) is 4.98 Å². The van der Waals surface area contributed by atoms with Crippen molar-refractivity contribution in [3.05, 3.63) is 52.5 Å². The maximum atomic E-state index is 5.91. The normalized spacial score (nSPS) is 10.7. The van der Waals surface area contributed by atoms with Gasteiger partial charge in [0.05, 0.1) is 5.56 Å². The zero-order valence-electron chi connectivity index (χ0n) is 10.8. The van der Waals surface area contributed by atoms with E-state index < -0.39 is 0 Å². The molecule has 3 rings (SSSR count). The molecule has 0 saturated carbocycles. The molecule has 3 aromatic rings. The number of rotatable bonds is 2. The van der Waals surface area contributed by atoms with Crippen LogP contribution in [0.15, 0.2) is 51.5 Å². The van der Waals surface area contributed by atoms with Crippen LogP contribution in [0.1, 0.15) is 5.56 Å². The Hall–Kier alpha value is -2.14. The first kappa shape index (κ1) is 12.9. The van der Waals surface area contributed by atoms with Crippen molar-refractivity contribution in [1.82, 2.24) is 10.1 Å². The summed E-state index contributed by atoms with van der Waals surface area (Å²) in [6, 6.07) is 13.4. The number of anilines is 1. The third-order valence-electron chi connectivity index (χ3n) is 3.15. The van der Waals surface area contributed by atoms with Crippen LogP contribution in [-0.2, 0) is 0 Å². The molecule has 1 heterocycles. The van der Waals surface area contributed by atoms with Gasteiger partial charge in [-0.05, 0) is 46.6 Å². The number of benzene rings is 2. The van der Waals surface area contributed by atoms with Crippen molar-refractivity contribution in [2.24, 2.45) is 0 Å². The predicted octanol–water partition coefficient (Wildman–Crippen LogP) is 4.06. The first-order valence-corrected chi connectivity index (χ1v) is 6.90. The van der Waals surface area contributed by atoms with E-state index in [-0.39, 0.29) is 0 Å². The van der Waals surface area contributed by atoms with Crippen LogP contribution in [0, 0.1) is 6.92 Å². The minimum atomic E-state index is 0.481. The Morgan fingerprint density at radius 3 is 2.60 bits per heavy atom. The molecular weight excluding hydrogens is 318 g/mol. The van der Waals surface area contributed by atoms with Gasteiger partial charge >= 0.3 is 0 Å². The van der Waals surface area contributed by atoms with Crippen LogP contribution in [0.4, 0.5) is 5.69 Å². The molecule has 0 radical (unpaired) electrons. The molecule has 5 heteroatoms. The van der Waals surface area contributed by atoms with Crippen LogP contribution in [0.5, 0.6) is 0 Å². The van der Waals surface area contributed by atoms with Crippen LogP contribution in [0.25, 0.3) is 22.8 Å². The molecule has 0 spiro atoms. The van der Waals surface area contributed by atoms with E-state index in [0.717, 1.165) is 26.9 Å². The van der Waals surface area contributed by atoms with Crippen molar-refractivity contribution < 1.29 is 4.52 Å². The van der Waals surface area contributed by atoms with Gasteiger partial charge in [0.25, 0.3) is 5.89 Å². The highest BCUT2D eigenvalue weighted by atomic mass is 79.9. The molecule has 2 aromatic carbocycles. The maximum Gasteiger partial charge on any atom is 0.259 e. The summed E-state index contributed by atoms with van der Waals surface area (Å²) in [4.78, 5) is 4.45. The summed E-state index contributed by atoms with van der Waals surface area (Å²) in [6.45, 7) is 1.94.